The van der Waals surface area contributed by atoms with Gasteiger partial charge in [0.15, 0.2) is 0 Å². The van der Waals surface area contributed by atoms with Crippen LogP contribution in [-0.4, -0.2) is 26.7 Å². The highest BCUT2D eigenvalue weighted by atomic mass is 32.1. The lowest BCUT2D eigenvalue weighted by Crippen LogP contribution is -2.37. The van der Waals surface area contributed by atoms with Gasteiger partial charge in [0.05, 0.1) is 11.7 Å². The smallest absolute Gasteiger partial charge is 0.246 e. The summed E-state index contributed by atoms with van der Waals surface area (Å²) in [6.07, 6.45) is 6.65. The number of rotatable bonds is 2. The minimum absolute atomic E-state index is 0.0139. The Bertz CT molecular complexity index is 628. The Kier molecular flexibility index (Phi) is 3.14. The van der Waals surface area contributed by atoms with Crippen LogP contribution in [0.4, 0.5) is 0 Å². The largest absolute Gasteiger partial charge is 0.330 e. The lowest BCUT2D eigenvalue weighted by atomic mass is 9.99. The Morgan fingerprint density at radius 2 is 2.42 bits per heavy atom. The van der Waals surface area contributed by atoms with Crippen LogP contribution in [0.2, 0.25) is 0 Å². The predicted molar refractivity (Wildman–Crippen MR) is 76.3 cm³/mol. The maximum Gasteiger partial charge on any atom is 0.246 e. The highest BCUT2D eigenvalue weighted by molar-refractivity contribution is 7.15. The second-order valence-corrected chi connectivity index (χ2v) is 5.76. The summed E-state index contributed by atoms with van der Waals surface area (Å²) >= 11 is 1.69. The van der Waals surface area contributed by atoms with Gasteiger partial charge >= 0.3 is 0 Å². The topological polar surface area (TPSA) is 37.6 Å². The summed E-state index contributed by atoms with van der Waals surface area (Å²) in [6.45, 7) is 6.42. The first-order chi connectivity index (χ1) is 9.22. The van der Waals surface area contributed by atoms with Gasteiger partial charge in [-0.1, -0.05) is 6.58 Å². The van der Waals surface area contributed by atoms with E-state index in [4.69, 9.17) is 0 Å². The molecule has 1 saturated heterocycles. The number of nitrogens with zero attached hydrogens (tertiary/aromatic N) is 3. The van der Waals surface area contributed by atoms with E-state index in [-0.39, 0.29) is 11.9 Å². The lowest BCUT2D eigenvalue weighted by Gasteiger charge is -2.34. The van der Waals surface area contributed by atoms with Gasteiger partial charge in [-0.05, 0) is 32.3 Å². The zero-order valence-corrected chi connectivity index (χ0v) is 11.8. The van der Waals surface area contributed by atoms with Crippen molar-refractivity contribution >= 4 is 22.1 Å². The first-order valence-corrected chi connectivity index (χ1v) is 7.45. The molecule has 1 atom stereocenters. The number of thiazole rings is 1. The average Bonchev–Trinajstić information content (AvgIpc) is 3.02. The Morgan fingerprint density at radius 1 is 1.58 bits per heavy atom. The van der Waals surface area contributed by atoms with Crippen LogP contribution in [0.3, 0.4) is 0 Å². The summed E-state index contributed by atoms with van der Waals surface area (Å²) in [5, 5.41) is 2.07. The Hall–Kier alpha value is -1.62. The van der Waals surface area contributed by atoms with Crippen LogP contribution in [0.25, 0.3) is 4.83 Å². The number of aromatic nitrogens is 2. The molecule has 1 amide bonds. The molecular weight excluding hydrogens is 258 g/mol. The van der Waals surface area contributed by atoms with Crippen molar-refractivity contribution in [1.29, 1.82) is 0 Å². The summed E-state index contributed by atoms with van der Waals surface area (Å²) in [7, 11) is 0. The van der Waals surface area contributed by atoms with Crippen LogP contribution >= 0.6 is 11.3 Å². The summed E-state index contributed by atoms with van der Waals surface area (Å²) in [5.74, 6) is 1.00. The molecule has 1 aliphatic heterocycles. The number of hydrogen-bond donors (Lipinski definition) is 0. The van der Waals surface area contributed by atoms with Crippen molar-refractivity contribution in [2.24, 2.45) is 0 Å². The zero-order valence-electron chi connectivity index (χ0n) is 11.0. The van der Waals surface area contributed by atoms with E-state index in [2.05, 4.69) is 21.3 Å². The molecule has 0 aliphatic carbocycles. The highest BCUT2D eigenvalue weighted by Gasteiger charge is 2.30. The average molecular weight is 275 g/mol. The molecule has 0 spiro atoms. The maximum absolute atomic E-state index is 12.0. The number of carbonyl (C=O) groups is 1. The third-order valence-electron chi connectivity index (χ3n) is 3.73. The van der Waals surface area contributed by atoms with E-state index in [0.29, 0.717) is 0 Å². The van der Waals surface area contributed by atoms with E-state index < -0.39 is 0 Å². The molecule has 19 heavy (non-hydrogen) atoms. The maximum atomic E-state index is 12.0. The zero-order chi connectivity index (χ0) is 13.4. The first kappa shape index (κ1) is 12.4. The van der Waals surface area contributed by atoms with Crippen molar-refractivity contribution in [2.45, 2.75) is 32.2 Å². The van der Waals surface area contributed by atoms with Gasteiger partial charge < -0.3 is 4.90 Å². The van der Waals surface area contributed by atoms with E-state index in [0.717, 1.165) is 42.2 Å². The monoisotopic (exact) mass is 275 g/mol. The molecule has 0 saturated carbocycles. The molecule has 2 aromatic rings. The van der Waals surface area contributed by atoms with E-state index in [1.54, 1.807) is 11.3 Å². The van der Waals surface area contributed by atoms with Crippen molar-refractivity contribution in [2.75, 3.05) is 6.54 Å². The normalized spacial score (nSPS) is 19.8. The Labute approximate surface area is 116 Å². The molecule has 0 aromatic carbocycles. The second-order valence-electron chi connectivity index (χ2n) is 4.87. The molecule has 0 radical (unpaired) electrons. The van der Waals surface area contributed by atoms with Crippen molar-refractivity contribution in [3.05, 3.63) is 35.8 Å². The molecule has 3 rings (SSSR count). The van der Waals surface area contributed by atoms with Gasteiger partial charge in [-0.3, -0.25) is 9.20 Å². The summed E-state index contributed by atoms with van der Waals surface area (Å²) in [4.78, 5) is 19.8. The molecule has 1 unspecified atom stereocenters. The molecule has 0 bridgehead atoms. The van der Waals surface area contributed by atoms with E-state index >= 15 is 0 Å². The van der Waals surface area contributed by atoms with Gasteiger partial charge in [0.2, 0.25) is 5.91 Å². The van der Waals surface area contributed by atoms with Crippen LogP contribution in [0, 0.1) is 6.92 Å². The fourth-order valence-corrected chi connectivity index (χ4v) is 3.73. The predicted octanol–water partition coefficient (Wildman–Crippen LogP) is 2.94. The number of likely N-dealkylation sites (tertiary alicyclic amines) is 1. The van der Waals surface area contributed by atoms with Crippen LogP contribution in [0.5, 0.6) is 0 Å². The van der Waals surface area contributed by atoms with Gasteiger partial charge in [0, 0.05) is 18.1 Å². The Balaban J connectivity index is 2.05. The van der Waals surface area contributed by atoms with Crippen LogP contribution in [-0.2, 0) is 4.79 Å². The fourth-order valence-electron chi connectivity index (χ4n) is 2.81. The number of aryl methyl sites for hydroxylation is 1. The number of imidazole rings is 1. The summed E-state index contributed by atoms with van der Waals surface area (Å²) in [5.41, 5.74) is 1.04. The van der Waals surface area contributed by atoms with Crippen LogP contribution < -0.4 is 0 Å². The van der Waals surface area contributed by atoms with Gasteiger partial charge in [-0.15, -0.1) is 11.3 Å². The number of hydrogen-bond acceptors (Lipinski definition) is 3. The van der Waals surface area contributed by atoms with Crippen molar-refractivity contribution < 1.29 is 4.79 Å². The molecule has 5 heteroatoms. The van der Waals surface area contributed by atoms with Crippen LogP contribution in [0.1, 0.15) is 36.8 Å². The first-order valence-electron chi connectivity index (χ1n) is 6.57. The number of fused-ring (bicyclic) bond motifs is 1. The van der Waals surface area contributed by atoms with Gasteiger partial charge in [-0.25, -0.2) is 4.98 Å². The molecule has 1 fully saturated rings. The third kappa shape index (κ3) is 1.98. The number of amides is 1. The van der Waals surface area contributed by atoms with Crippen LogP contribution in [0.15, 0.2) is 24.2 Å². The number of piperidine rings is 1. The summed E-state index contributed by atoms with van der Waals surface area (Å²) < 4.78 is 2.10. The van der Waals surface area contributed by atoms with Crippen molar-refractivity contribution in [3.63, 3.8) is 0 Å². The minimum Gasteiger partial charge on any atom is -0.330 e. The van der Waals surface area contributed by atoms with Gasteiger partial charge in [-0.2, -0.15) is 0 Å². The molecule has 3 heterocycles. The Morgan fingerprint density at radius 3 is 3.21 bits per heavy atom. The molecular formula is C14H17N3OS. The highest BCUT2D eigenvalue weighted by Crippen LogP contribution is 2.34. The standard InChI is InChI=1S/C14H17N3OS/c1-3-12(18)17-7-5-4-6-11(17)13-14-16(8-9-19-14)10(2)15-13/h3,8-9,11H,1,4-7H2,2H3. The van der Waals surface area contributed by atoms with E-state index in [9.17, 15) is 4.79 Å². The molecule has 1 aliphatic rings. The van der Waals surface area contributed by atoms with Gasteiger partial charge in [0.1, 0.15) is 10.7 Å². The molecule has 4 nitrogen and oxygen atoms in total. The molecule has 100 valence electrons. The minimum atomic E-state index is 0.0139. The third-order valence-corrected chi connectivity index (χ3v) is 4.62. The SMILES string of the molecule is C=CC(=O)N1CCCCC1c1nc(C)n2ccsc12. The second kappa shape index (κ2) is 4.81. The molecule has 0 N–H and O–H groups in total. The van der Waals surface area contributed by atoms with E-state index in [1.807, 2.05) is 18.0 Å². The van der Waals surface area contributed by atoms with Crippen molar-refractivity contribution in [3.8, 4) is 0 Å². The van der Waals surface area contributed by atoms with Crippen molar-refractivity contribution in [1.82, 2.24) is 14.3 Å². The quantitative estimate of drug-likeness (QED) is 0.790. The van der Waals surface area contributed by atoms with E-state index in [1.165, 1.54) is 6.08 Å². The van der Waals surface area contributed by atoms with Gasteiger partial charge in [0.25, 0.3) is 0 Å². The summed E-state index contributed by atoms with van der Waals surface area (Å²) in [6, 6.07) is 0.0987. The molecule has 2 aromatic heterocycles. The lowest BCUT2D eigenvalue weighted by molar-refractivity contribution is -0.129. The number of carbonyl (C=O) groups excluding carboxylic acids is 1. The fraction of sp³-hybridized carbons (Fsp3) is 0.429.